The zero-order chi connectivity index (χ0) is 13.2. The number of nitrogens with zero attached hydrogens (tertiary/aromatic N) is 1. The fourth-order valence-corrected chi connectivity index (χ4v) is 1.67. The van der Waals surface area contributed by atoms with E-state index in [-0.39, 0.29) is 17.4 Å². The number of rotatable bonds is 2. The van der Waals surface area contributed by atoms with Crippen LogP contribution >= 0.6 is 0 Å². The number of esters is 1. The van der Waals surface area contributed by atoms with E-state index in [1.54, 1.807) is 24.3 Å². The summed E-state index contributed by atoms with van der Waals surface area (Å²) in [7, 11) is 0. The van der Waals surface area contributed by atoms with E-state index >= 15 is 0 Å². The molecule has 0 N–H and O–H groups in total. The zero-order valence-electron chi connectivity index (χ0n) is 9.67. The number of halogens is 1. The average Bonchev–Trinajstić information content (AvgIpc) is 3.00. The van der Waals surface area contributed by atoms with Crippen LogP contribution in [0.4, 0.5) is 4.39 Å². The second-order valence-corrected chi connectivity index (χ2v) is 3.87. The summed E-state index contributed by atoms with van der Waals surface area (Å²) in [5.74, 6) is -0.486. The van der Waals surface area contributed by atoms with Gasteiger partial charge in [-0.2, -0.15) is 0 Å². The van der Waals surface area contributed by atoms with Crippen molar-refractivity contribution < 1.29 is 18.3 Å². The molecule has 1 aliphatic heterocycles. The maximum absolute atomic E-state index is 13.0. The van der Waals surface area contributed by atoms with Gasteiger partial charge in [0.25, 0.3) is 5.90 Å². The van der Waals surface area contributed by atoms with E-state index in [4.69, 9.17) is 9.15 Å². The van der Waals surface area contributed by atoms with E-state index in [0.29, 0.717) is 11.3 Å². The second-order valence-electron chi connectivity index (χ2n) is 3.87. The van der Waals surface area contributed by atoms with Crippen LogP contribution in [-0.4, -0.2) is 11.9 Å². The van der Waals surface area contributed by atoms with E-state index in [1.165, 1.54) is 24.5 Å². The van der Waals surface area contributed by atoms with Crippen LogP contribution in [0.15, 0.2) is 57.8 Å². The van der Waals surface area contributed by atoms with Crippen molar-refractivity contribution in [3.05, 3.63) is 65.5 Å². The Bertz CT molecular complexity index is 686. The molecule has 0 radical (unpaired) electrons. The summed E-state index contributed by atoms with van der Waals surface area (Å²) in [6, 6.07) is 9.16. The smallest absolute Gasteiger partial charge is 0.363 e. The van der Waals surface area contributed by atoms with E-state index in [1.807, 2.05) is 0 Å². The Balaban J connectivity index is 1.95. The maximum Gasteiger partial charge on any atom is 0.363 e. The molecule has 0 saturated carbocycles. The first-order valence-corrected chi connectivity index (χ1v) is 5.54. The van der Waals surface area contributed by atoms with Crippen LogP contribution in [0.5, 0.6) is 0 Å². The van der Waals surface area contributed by atoms with Crippen molar-refractivity contribution in [1.82, 2.24) is 0 Å². The minimum Gasteiger partial charge on any atom is -0.459 e. The van der Waals surface area contributed by atoms with E-state index < -0.39 is 5.97 Å². The zero-order valence-corrected chi connectivity index (χ0v) is 9.67. The third kappa shape index (κ3) is 2.30. The first-order valence-electron chi connectivity index (χ1n) is 5.54. The Morgan fingerprint density at radius 1 is 1.21 bits per heavy atom. The molecule has 0 aliphatic carbocycles. The summed E-state index contributed by atoms with van der Waals surface area (Å²) >= 11 is 0. The quantitative estimate of drug-likeness (QED) is 0.614. The number of cyclic esters (lactones) is 1. The molecule has 19 heavy (non-hydrogen) atoms. The Kier molecular flexibility index (Phi) is 2.72. The molecule has 0 unspecified atom stereocenters. The number of carbonyl (C=O) groups excluding carboxylic acids is 1. The highest BCUT2D eigenvalue weighted by atomic mass is 19.1. The molecule has 1 aliphatic rings. The van der Waals surface area contributed by atoms with Gasteiger partial charge in [0.2, 0.25) is 0 Å². The molecule has 2 aromatic rings. The summed E-state index contributed by atoms with van der Waals surface area (Å²) in [6.45, 7) is 0. The van der Waals surface area contributed by atoms with E-state index in [2.05, 4.69) is 4.99 Å². The highest BCUT2D eigenvalue weighted by Crippen LogP contribution is 2.19. The number of hydrogen-bond donors (Lipinski definition) is 0. The number of carbonyl (C=O) groups is 1. The minimum absolute atomic E-state index is 0.108. The van der Waals surface area contributed by atoms with Crippen LogP contribution in [0.1, 0.15) is 11.3 Å². The van der Waals surface area contributed by atoms with Crippen molar-refractivity contribution in [2.75, 3.05) is 0 Å². The maximum atomic E-state index is 13.0. The lowest BCUT2D eigenvalue weighted by atomic mass is 10.2. The number of hydrogen-bond acceptors (Lipinski definition) is 4. The summed E-state index contributed by atoms with van der Waals surface area (Å²) in [5, 5.41) is 0. The first kappa shape index (κ1) is 11.4. The molecular formula is C14H8FNO3. The van der Waals surface area contributed by atoms with Crippen molar-refractivity contribution in [3.63, 3.8) is 0 Å². The lowest BCUT2D eigenvalue weighted by molar-refractivity contribution is -0.130. The molecule has 2 heterocycles. The van der Waals surface area contributed by atoms with Gasteiger partial charge in [0.15, 0.2) is 11.5 Å². The van der Waals surface area contributed by atoms with Gasteiger partial charge in [0.1, 0.15) is 5.82 Å². The van der Waals surface area contributed by atoms with E-state index in [0.717, 1.165) is 0 Å². The minimum atomic E-state index is -0.587. The van der Waals surface area contributed by atoms with Crippen LogP contribution in [-0.2, 0) is 9.53 Å². The normalized spacial score (nSPS) is 16.6. The predicted octanol–water partition coefficient (Wildman–Crippen LogP) is 2.76. The molecule has 94 valence electrons. The fourth-order valence-electron chi connectivity index (χ4n) is 1.67. The van der Waals surface area contributed by atoms with E-state index in [9.17, 15) is 9.18 Å². The molecule has 5 heteroatoms. The highest BCUT2D eigenvalue weighted by Gasteiger charge is 2.25. The van der Waals surface area contributed by atoms with Gasteiger partial charge in [-0.15, -0.1) is 0 Å². The van der Waals surface area contributed by atoms with Crippen molar-refractivity contribution in [2.24, 2.45) is 4.99 Å². The third-order valence-electron chi connectivity index (χ3n) is 2.50. The fraction of sp³-hybridized carbons (Fsp3) is 0. The number of aliphatic imine (C=N–C) groups is 1. The van der Waals surface area contributed by atoms with Gasteiger partial charge in [-0.1, -0.05) is 12.1 Å². The Labute approximate surface area is 107 Å². The van der Waals surface area contributed by atoms with Crippen molar-refractivity contribution in [3.8, 4) is 0 Å². The van der Waals surface area contributed by atoms with Gasteiger partial charge in [-0.05, 0) is 35.9 Å². The Morgan fingerprint density at radius 3 is 2.84 bits per heavy atom. The monoisotopic (exact) mass is 257 g/mol. The average molecular weight is 257 g/mol. The summed E-state index contributed by atoms with van der Waals surface area (Å²) in [6.07, 6.45) is 2.92. The van der Waals surface area contributed by atoms with Gasteiger partial charge in [0, 0.05) is 0 Å². The van der Waals surface area contributed by atoms with Crippen LogP contribution in [0.2, 0.25) is 0 Å². The van der Waals surface area contributed by atoms with Crippen LogP contribution in [0, 0.1) is 5.82 Å². The lowest BCUT2D eigenvalue weighted by Crippen LogP contribution is -2.04. The number of ether oxygens (including phenoxy) is 1. The van der Waals surface area contributed by atoms with Gasteiger partial charge >= 0.3 is 5.97 Å². The molecule has 1 aromatic carbocycles. The SMILES string of the molecule is O=C1OC(c2ccco2)=N/C1=C/c1cccc(F)c1. The van der Waals surface area contributed by atoms with Crippen LogP contribution in [0.25, 0.3) is 6.08 Å². The van der Waals surface area contributed by atoms with Crippen molar-refractivity contribution >= 4 is 17.9 Å². The van der Waals surface area contributed by atoms with Gasteiger partial charge in [-0.25, -0.2) is 14.2 Å². The molecule has 4 nitrogen and oxygen atoms in total. The van der Waals surface area contributed by atoms with Crippen molar-refractivity contribution in [1.29, 1.82) is 0 Å². The predicted molar refractivity (Wildman–Crippen MR) is 65.7 cm³/mol. The number of furan rings is 1. The highest BCUT2D eigenvalue weighted by molar-refractivity contribution is 6.11. The summed E-state index contributed by atoms with van der Waals surface area (Å²) in [5.41, 5.74) is 0.647. The lowest BCUT2D eigenvalue weighted by Gasteiger charge is -1.94. The standard InChI is InChI=1S/C14H8FNO3/c15-10-4-1-3-9(7-10)8-11-14(17)19-13(16-11)12-5-2-6-18-12/h1-8H/b11-8+. The van der Waals surface area contributed by atoms with Crippen molar-refractivity contribution in [2.45, 2.75) is 0 Å². The molecule has 1 aromatic heterocycles. The largest absolute Gasteiger partial charge is 0.459 e. The topological polar surface area (TPSA) is 51.8 Å². The molecule has 0 bridgehead atoms. The van der Waals surface area contributed by atoms with Gasteiger partial charge in [0.05, 0.1) is 6.26 Å². The van der Waals surface area contributed by atoms with Gasteiger partial charge in [-0.3, -0.25) is 0 Å². The first-order chi connectivity index (χ1) is 9.22. The Morgan fingerprint density at radius 2 is 2.11 bits per heavy atom. The number of benzene rings is 1. The summed E-state index contributed by atoms with van der Waals surface area (Å²) < 4.78 is 23.1. The summed E-state index contributed by atoms with van der Waals surface area (Å²) in [4.78, 5) is 15.7. The second kappa shape index (κ2) is 4.53. The third-order valence-corrected chi connectivity index (χ3v) is 2.50. The molecule has 0 fully saturated rings. The molecule has 0 saturated heterocycles. The molecule has 0 spiro atoms. The molecule has 0 amide bonds. The molecular weight excluding hydrogens is 249 g/mol. The molecule has 0 atom stereocenters. The van der Waals surface area contributed by atoms with Crippen LogP contribution < -0.4 is 0 Å². The Hall–Kier alpha value is -2.69. The van der Waals surface area contributed by atoms with Crippen LogP contribution in [0.3, 0.4) is 0 Å². The molecule has 3 rings (SSSR count). The van der Waals surface area contributed by atoms with Gasteiger partial charge < -0.3 is 9.15 Å².